The first-order valence-electron chi connectivity index (χ1n) is 7.75. The van der Waals surface area contributed by atoms with Crippen LogP contribution >= 0.6 is 0 Å². The van der Waals surface area contributed by atoms with E-state index in [1.807, 2.05) is 32.9 Å². The van der Waals surface area contributed by atoms with Crippen molar-refractivity contribution in [1.29, 1.82) is 0 Å². The van der Waals surface area contributed by atoms with Gasteiger partial charge in [-0.3, -0.25) is 4.89 Å². The number of piperidine rings is 1. The molecule has 1 aromatic carbocycles. The molecule has 5 nitrogen and oxygen atoms in total. The van der Waals surface area contributed by atoms with E-state index in [-0.39, 0.29) is 6.61 Å². The smallest absolute Gasteiger partial charge is 0.373 e. The molecule has 1 fully saturated rings. The van der Waals surface area contributed by atoms with Crippen LogP contribution in [-0.4, -0.2) is 36.4 Å². The Balaban J connectivity index is 1.91. The zero-order chi connectivity index (χ0) is 16.2. The molecule has 0 amide bonds. The van der Waals surface area contributed by atoms with Crippen molar-refractivity contribution in [3.8, 4) is 0 Å². The van der Waals surface area contributed by atoms with E-state index in [1.54, 1.807) is 12.1 Å². The number of benzene rings is 1. The molecule has 1 aromatic rings. The molecular weight excluding hydrogens is 282 g/mol. The lowest BCUT2D eigenvalue weighted by Gasteiger charge is -2.32. The van der Waals surface area contributed by atoms with Crippen molar-refractivity contribution < 1.29 is 19.7 Å². The van der Waals surface area contributed by atoms with Crippen LogP contribution in [0.2, 0.25) is 0 Å². The predicted molar refractivity (Wildman–Crippen MR) is 84.7 cm³/mol. The maximum Gasteiger partial charge on any atom is 0.373 e. The molecule has 1 saturated heterocycles. The van der Waals surface area contributed by atoms with E-state index < -0.39 is 11.6 Å². The van der Waals surface area contributed by atoms with Crippen LogP contribution in [0.4, 0.5) is 5.69 Å². The molecule has 122 valence electrons. The number of nitrogens with zero attached hydrogens (tertiary/aromatic N) is 1. The Morgan fingerprint density at radius 3 is 2.32 bits per heavy atom. The van der Waals surface area contributed by atoms with Crippen molar-refractivity contribution in [3.05, 3.63) is 29.8 Å². The maximum atomic E-state index is 11.9. The van der Waals surface area contributed by atoms with E-state index in [0.29, 0.717) is 11.5 Å². The monoisotopic (exact) mass is 307 g/mol. The van der Waals surface area contributed by atoms with Gasteiger partial charge >= 0.3 is 5.97 Å². The second kappa shape index (κ2) is 7.11. The Labute approximate surface area is 131 Å². The molecule has 1 N–H and O–H groups in total. The first kappa shape index (κ1) is 16.8. The molecular formula is C17H25NO4. The van der Waals surface area contributed by atoms with E-state index in [1.165, 1.54) is 0 Å². The molecule has 5 heteroatoms. The van der Waals surface area contributed by atoms with Gasteiger partial charge < -0.3 is 10.0 Å². The summed E-state index contributed by atoms with van der Waals surface area (Å²) in [5.74, 6) is -0.0690. The second-order valence-corrected chi connectivity index (χ2v) is 6.73. The van der Waals surface area contributed by atoms with Gasteiger partial charge in [0.25, 0.3) is 0 Å². The van der Waals surface area contributed by atoms with Crippen molar-refractivity contribution >= 4 is 11.7 Å². The normalized spacial score (nSPS) is 16.6. The first-order chi connectivity index (χ1) is 10.4. The lowest BCUT2D eigenvalue weighted by Crippen LogP contribution is -2.34. The van der Waals surface area contributed by atoms with Crippen LogP contribution in [0.25, 0.3) is 0 Å². The zero-order valence-corrected chi connectivity index (χ0v) is 13.5. The summed E-state index contributed by atoms with van der Waals surface area (Å²) in [7, 11) is 0. The van der Waals surface area contributed by atoms with E-state index >= 15 is 0 Å². The lowest BCUT2D eigenvalue weighted by molar-refractivity contribution is -0.301. The number of carbonyl (C=O) groups is 1. The third-order valence-electron chi connectivity index (χ3n) is 3.71. The quantitative estimate of drug-likeness (QED) is 0.684. The fraction of sp³-hybridized carbons (Fsp3) is 0.588. The number of carbonyl (C=O) groups excluding carboxylic acids is 1. The fourth-order valence-electron chi connectivity index (χ4n) is 2.39. The standard InChI is InChI=1S/C17H25NO4/c1-17(2,3)22-21-16(20)14-4-6-15(7-5-14)18-10-8-13(12-19)9-11-18/h4-7,13,19H,8-12H2,1-3H3. The van der Waals surface area contributed by atoms with Gasteiger partial charge in [0, 0.05) is 25.4 Å². The molecule has 0 aromatic heterocycles. The number of hydrogen-bond acceptors (Lipinski definition) is 5. The molecule has 1 aliphatic heterocycles. The average molecular weight is 307 g/mol. The highest BCUT2D eigenvalue weighted by Gasteiger charge is 2.20. The Morgan fingerprint density at radius 2 is 1.82 bits per heavy atom. The second-order valence-electron chi connectivity index (χ2n) is 6.73. The van der Waals surface area contributed by atoms with Gasteiger partial charge in [0.15, 0.2) is 0 Å². The van der Waals surface area contributed by atoms with Crippen molar-refractivity contribution in [2.45, 2.75) is 39.2 Å². The van der Waals surface area contributed by atoms with Crippen LogP contribution in [0.15, 0.2) is 24.3 Å². The van der Waals surface area contributed by atoms with Crippen LogP contribution in [-0.2, 0) is 9.78 Å². The minimum atomic E-state index is -0.521. The summed E-state index contributed by atoms with van der Waals surface area (Å²) in [6.07, 6.45) is 2.00. The van der Waals surface area contributed by atoms with Gasteiger partial charge in [-0.05, 0) is 63.8 Å². The summed E-state index contributed by atoms with van der Waals surface area (Å²) in [6.45, 7) is 7.59. The highest BCUT2D eigenvalue weighted by molar-refractivity contribution is 5.89. The fourth-order valence-corrected chi connectivity index (χ4v) is 2.39. The van der Waals surface area contributed by atoms with Crippen molar-refractivity contribution in [3.63, 3.8) is 0 Å². The van der Waals surface area contributed by atoms with E-state index in [0.717, 1.165) is 31.6 Å². The third-order valence-corrected chi connectivity index (χ3v) is 3.71. The van der Waals surface area contributed by atoms with Crippen LogP contribution in [0, 0.1) is 5.92 Å². The maximum absolute atomic E-state index is 11.9. The van der Waals surface area contributed by atoms with E-state index in [2.05, 4.69) is 4.90 Å². The molecule has 1 aliphatic rings. The molecule has 0 bridgehead atoms. The van der Waals surface area contributed by atoms with Gasteiger partial charge in [-0.25, -0.2) is 4.79 Å². The van der Waals surface area contributed by atoms with Crippen LogP contribution in [0.3, 0.4) is 0 Å². The Bertz CT molecular complexity index is 484. The molecule has 0 saturated carbocycles. The largest absolute Gasteiger partial charge is 0.396 e. The summed E-state index contributed by atoms with van der Waals surface area (Å²) in [5, 5.41) is 9.17. The summed E-state index contributed by atoms with van der Waals surface area (Å²) in [4.78, 5) is 24.0. The minimum absolute atomic E-state index is 0.270. The Kier molecular flexibility index (Phi) is 5.42. The number of anilines is 1. The number of rotatable bonds is 4. The number of aliphatic hydroxyl groups is 1. The van der Waals surface area contributed by atoms with Crippen LogP contribution in [0.1, 0.15) is 44.0 Å². The highest BCUT2D eigenvalue weighted by atomic mass is 17.2. The molecule has 0 atom stereocenters. The van der Waals surface area contributed by atoms with Crippen molar-refractivity contribution in [2.75, 3.05) is 24.6 Å². The Morgan fingerprint density at radius 1 is 1.23 bits per heavy atom. The molecule has 0 aliphatic carbocycles. The van der Waals surface area contributed by atoms with Gasteiger partial charge in [0.05, 0.1) is 5.56 Å². The summed E-state index contributed by atoms with van der Waals surface area (Å²) < 4.78 is 0. The van der Waals surface area contributed by atoms with Gasteiger partial charge in [0.1, 0.15) is 5.60 Å². The third kappa shape index (κ3) is 4.71. The van der Waals surface area contributed by atoms with Crippen molar-refractivity contribution in [2.24, 2.45) is 5.92 Å². The van der Waals surface area contributed by atoms with Gasteiger partial charge in [0.2, 0.25) is 0 Å². The molecule has 2 rings (SSSR count). The first-order valence-corrected chi connectivity index (χ1v) is 7.75. The van der Waals surface area contributed by atoms with Crippen molar-refractivity contribution in [1.82, 2.24) is 0 Å². The van der Waals surface area contributed by atoms with Gasteiger partial charge in [-0.15, -0.1) is 0 Å². The molecule has 22 heavy (non-hydrogen) atoms. The molecule has 1 heterocycles. The molecule has 0 radical (unpaired) electrons. The molecule has 0 unspecified atom stereocenters. The van der Waals surface area contributed by atoms with Gasteiger partial charge in [-0.2, -0.15) is 4.89 Å². The number of hydrogen-bond donors (Lipinski definition) is 1. The molecule has 0 spiro atoms. The summed E-state index contributed by atoms with van der Waals surface area (Å²) in [5.41, 5.74) is 1.04. The van der Waals surface area contributed by atoms with E-state index in [9.17, 15) is 9.90 Å². The lowest BCUT2D eigenvalue weighted by atomic mass is 9.97. The van der Waals surface area contributed by atoms with Crippen LogP contribution in [0.5, 0.6) is 0 Å². The van der Waals surface area contributed by atoms with Crippen LogP contribution < -0.4 is 4.90 Å². The average Bonchev–Trinajstić information content (AvgIpc) is 2.52. The number of aliphatic hydroxyl groups excluding tert-OH is 1. The van der Waals surface area contributed by atoms with Gasteiger partial charge in [-0.1, -0.05) is 0 Å². The Hall–Kier alpha value is -1.59. The summed E-state index contributed by atoms with van der Waals surface area (Å²) in [6, 6.07) is 7.35. The SMILES string of the molecule is CC(C)(C)OOC(=O)c1ccc(N2CCC(CO)CC2)cc1. The predicted octanol–water partition coefficient (Wildman–Crippen LogP) is 2.78. The highest BCUT2D eigenvalue weighted by Crippen LogP contribution is 2.23. The van der Waals surface area contributed by atoms with E-state index in [4.69, 9.17) is 9.78 Å². The topological polar surface area (TPSA) is 59.0 Å². The minimum Gasteiger partial charge on any atom is -0.396 e. The zero-order valence-electron chi connectivity index (χ0n) is 13.5. The summed E-state index contributed by atoms with van der Waals surface area (Å²) >= 11 is 0.